The standard InChI is InChI=1S/C10H12F3NO2/c1-16-7-4-2-6(3-5-7)8(14)9(15)10(11,12)13/h2-5,8-9,15H,14H2,1H3. The van der Waals surface area contributed by atoms with Crippen molar-refractivity contribution in [2.24, 2.45) is 5.73 Å². The van der Waals surface area contributed by atoms with Crippen LogP contribution in [0.25, 0.3) is 0 Å². The summed E-state index contributed by atoms with van der Waals surface area (Å²) in [5.74, 6) is 0.512. The molecule has 0 aliphatic heterocycles. The van der Waals surface area contributed by atoms with Gasteiger partial charge in [0.15, 0.2) is 6.10 Å². The normalized spacial score (nSPS) is 15.6. The van der Waals surface area contributed by atoms with Crippen LogP contribution in [-0.4, -0.2) is 24.5 Å². The summed E-state index contributed by atoms with van der Waals surface area (Å²) < 4.78 is 41.4. The Morgan fingerprint density at radius 3 is 2.12 bits per heavy atom. The zero-order valence-electron chi connectivity index (χ0n) is 8.53. The fourth-order valence-corrected chi connectivity index (χ4v) is 1.21. The molecule has 3 N–H and O–H groups in total. The second-order valence-electron chi connectivity index (χ2n) is 3.29. The molecule has 2 unspecified atom stereocenters. The second kappa shape index (κ2) is 4.71. The third-order valence-corrected chi connectivity index (χ3v) is 2.18. The third-order valence-electron chi connectivity index (χ3n) is 2.18. The SMILES string of the molecule is COc1ccc(C(N)C(O)C(F)(F)F)cc1. The fraction of sp³-hybridized carbons (Fsp3) is 0.400. The molecular formula is C10H12F3NO2. The molecule has 90 valence electrons. The molecule has 0 radical (unpaired) electrons. The molecule has 0 aromatic heterocycles. The van der Waals surface area contributed by atoms with Crippen molar-refractivity contribution in [3.63, 3.8) is 0 Å². The summed E-state index contributed by atoms with van der Waals surface area (Å²) in [4.78, 5) is 0. The number of nitrogens with two attached hydrogens (primary N) is 1. The van der Waals surface area contributed by atoms with Crippen molar-refractivity contribution in [3.05, 3.63) is 29.8 Å². The van der Waals surface area contributed by atoms with E-state index in [1.165, 1.54) is 31.4 Å². The van der Waals surface area contributed by atoms with E-state index in [0.29, 0.717) is 5.75 Å². The summed E-state index contributed by atoms with van der Waals surface area (Å²) in [5, 5.41) is 8.95. The Hall–Kier alpha value is -1.27. The Morgan fingerprint density at radius 2 is 1.75 bits per heavy atom. The second-order valence-corrected chi connectivity index (χ2v) is 3.29. The summed E-state index contributed by atoms with van der Waals surface area (Å²) in [6, 6.07) is 4.25. The average molecular weight is 235 g/mol. The highest BCUT2D eigenvalue weighted by molar-refractivity contribution is 5.29. The van der Waals surface area contributed by atoms with Crippen LogP contribution < -0.4 is 10.5 Å². The minimum absolute atomic E-state index is 0.200. The first kappa shape index (κ1) is 12.8. The number of aliphatic hydroxyl groups is 1. The Labute approximate surface area is 90.6 Å². The topological polar surface area (TPSA) is 55.5 Å². The number of alkyl halides is 3. The highest BCUT2D eigenvalue weighted by Gasteiger charge is 2.42. The molecule has 3 nitrogen and oxygen atoms in total. The van der Waals surface area contributed by atoms with Crippen molar-refractivity contribution >= 4 is 0 Å². The van der Waals surface area contributed by atoms with Gasteiger partial charge in [0.2, 0.25) is 0 Å². The van der Waals surface area contributed by atoms with Crippen LogP contribution in [0.15, 0.2) is 24.3 Å². The number of ether oxygens (including phenoxy) is 1. The van der Waals surface area contributed by atoms with Gasteiger partial charge in [-0.3, -0.25) is 0 Å². The van der Waals surface area contributed by atoms with E-state index in [-0.39, 0.29) is 5.56 Å². The van der Waals surface area contributed by atoms with E-state index in [2.05, 4.69) is 0 Å². The predicted molar refractivity (Wildman–Crippen MR) is 52.0 cm³/mol. The van der Waals surface area contributed by atoms with E-state index in [0.717, 1.165) is 0 Å². The molecule has 0 aliphatic carbocycles. The van der Waals surface area contributed by atoms with Gasteiger partial charge in [0.25, 0.3) is 0 Å². The molecule has 0 fully saturated rings. The van der Waals surface area contributed by atoms with Crippen LogP contribution in [0.2, 0.25) is 0 Å². The molecule has 2 atom stereocenters. The van der Waals surface area contributed by atoms with E-state index < -0.39 is 18.3 Å². The van der Waals surface area contributed by atoms with E-state index in [1.54, 1.807) is 0 Å². The lowest BCUT2D eigenvalue weighted by molar-refractivity contribution is -0.210. The van der Waals surface area contributed by atoms with Crippen molar-refractivity contribution in [3.8, 4) is 5.75 Å². The molecule has 0 amide bonds. The van der Waals surface area contributed by atoms with E-state index >= 15 is 0 Å². The fourth-order valence-electron chi connectivity index (χ4n) is 1.21. The van der Waals surface area contributed by atoms with Crippen LogP contribution in [0.3, 0.4) is 0 Å². The summed E-state index contributed by atoms with van der Waals surface area (Å²) >= 11 is 0. The first-order valence-corrected chi connectivity index (χ1v) is 4.50. The molecule has 6 heteroatoms. The lowest BCUT2D eigenvalue weighted by atomic mass is 10.0. The van der Waals surface area contributed by atoms with Crippen molar-refractivity contribution in [1.82, 2.24) is 0 Å². The number of rotatable bonds is 3. The van der Waals surface area contributed by atoms with Gasteiger partial charge >= 0.3 is 6.18 Å². The molecule has 0 heterocycles. The molecule has 1 aromatic rings. The first-order valence-electron chi connectivity index (χ1n) is 4.50. The van der Waals surface area contributed by atoms with Gasteiger partial charge in [0.1, 0.15) is 5.75 Å². The zero-order valence-corrected chi connectivity index (χ0v) is 8.53. The number of methoxy groups -OCH3 is 1. The first-order chi connectivity index (χ1) is 7.36. The number of benzene rings is 1. The van der Waals surface area contributed by atoms with Gasteiger partial charge in [-0.25, -0.2) is 0 Å². The molecule has 0 spiro atoms. The Bertz CT molecular complexity index is 337. The summed E-state index contributed by atoms with van der Waals surface area (Å²) in [6.45, 7) is 0. The minimum atomic E-state index is -4.72. The average Bonchev–Trinajstić information content (AvgIpc) is 2.26. The van der Waals surface area contributed by atoms with Gasteiger partial charge in [-0.15, -0.1) is 0 Å². The largest absolute Gasteiger partial charge is 0.497 e. The molecule has 0 aliphatic rings. The lowest BCUT2D eigenvalue weighted by Crippen LogP contribution is -2.38. The number of hydrogen-bond donors (Lipinski definition) is 2. The molecular weight excluding hydrogens is 223 g/mol. The van der Waals surface area contributed by atoms with E-state index in [4.69, 9.17) is 15.6 Å². The van der Waals surface area contributed by atoms with Crippen molar-refractivity contribution in [2.45, 2.75) is 18.3 Å². The molecule has 1 rings (SSSR count). The maximum Gasteiger partial charge on any atom is 0.416 e. The van der Waals surface area contributed by atoms with Crippen molar-refractivity contribution in [1.29, 1.82) is 0 Å². The smallest absolute Gasteiger partial charge is 0.416 e. The quantitative estimate of drug-likeness (QED) is 0.837. The number of halogens is 3. The van der Waals surface area contributed by atoms with Crippen molar-refractivity contribution in [2.75, 3.05) is 7.11 Å². The van der Waals surface area contributed by atoms with Crippen LogP contribution in [0.1, 0.15) is 11.6 Å². The van der Waals surface area contributed by atoms with Gasteiger partial charge in [-0.1, -0.05) is 12.1 Å². The van der Waals surface area contributed by atoms with Crippen LogP contribution in [0.5, 0.6) is 5.75 Å². The summed E-state index contributed by atoms with van der Waals surface area (Å²) in [6.07, 6.45) is -7.29. The monoisotopic (exact) mass is 235 g/mol. The third kappa shape index (κ3) is 2.86. The van der Waals surface area contributed by atoms with E-state index in [9.17, 15) is 13.2 Å². The van der Waals surface area contributed by atoms with Crippen LogP contribution in [0.4, 0.5) is 13.2 Å². The molecule has 0 saturated heterocycles. The van der Waals surface area contributed by atoms with Gasteiger partial charge in [0, 0.05) is 0 Å². The Morgan fingerprint density at radius 1 is 1.25 bits per heavy atom. The highest BCUT2D eigenvalue weighted by Crippen LogP contribution is 2.29. The summed E-state index contributed by atoms with van der Waals surface area (Å²) in [7, 11) is 1.44. The Kier molecular flexibility index (Phi) is 3.77. The van der Waals surface area contributed by atoms with Crippen molar-refractivity contribution < 1.29 is 23.0 Å². The molecule has 0 bridgehead atoms. The number of aliphatic hydroxyl groups excluding tert-OH is 1. The maximum absolute atomic E-state index is 12.2. The van der Waals surface area contributed by atoms with Gasteiger partial charge < -0.3 is 15.6 Å². The predicted octanol–water partition coefficient (Wildman–Crippen LogP) is 1.62. The maximum atomic E-state index is 12.2. The van der Waals surface area contributed by atoms with Gasteiger partial charge in [-0.05, 0) is 17.7 Å². The lowest BCUT2D eigenvalue weighted by Gasteiger charge is -2.21. The van der Waals surface area contributed by atoms with Crippen LogP contribution >= 0.6 is 0 Å². The Balaban J connectivity index is 2.84. The summed E-state index contributed by atoms with van der Waals surface area (Å²) in [5.41, 5.74) is 5.51. The van der Waals surface area contributed by atoms with Crippen LogP contribution in [-0.2, 0) is 0 Å². The highest BCUT2D eigenvalue weighted by atomic mass is 19.4. The minimum Gasteiger partial charge on any atom is -0.497 e. The number of hydrogen-bond acceptors (Lipinski definition) is 3. The van der Waals surface area contributed by atoms with Crippen LogP contribution in [0, 0.1) is 0 Å². The van der Waals surface area contributed by atoms with E-state index in [1.807, 2.05) is 0 Å². The molecule has 1 aromatic carbocycles. The molecule has 0 saturated carbocycles. The molecule has 16 heavy (non-hydrogen) atoms. The van der Waals surface area contributed by atoms with Gasteiger partial charge in [-0.2, -0.15) is 13.2 Å². The zero-order chi connectivity index (χ0) is 12.3. The van der Waals surface area contributed by atoms with Gasteiger partial charge in [0.05, 0.1) is 13.2 Å².